The van der Waals surface area contributed by atoms with Crippen molar-refractivity contribution in [2.45, 2.75) is 48.5 Å². The third-order valence-corrected chi connectivity index (χ3v) is 6.67. The second-order valence-electron chi connectivity index (χ2n) is 5.23. The van der Waals surface area contributed by atoms with E-state index in [0.717, 1.165) is 17.0 Å². The maximum Gasteiger partial charge on any atom is 0.0456 e. The lowest BCUT2D eigenvalue weighted by atomic mass is 9.90. The zero-order valence-corrected chi connectivity index (χ0v) is 12.2. The molecular formula is C12H24N2S2. The predicted molar refractivity (Wildman–Crippen MR) is 76.4 cm³/mol. The van der Waals surface area contributed by atoms with Crippen LogP contribution in [-0.2, 0) is 0 Å². The van der Waals surface area contributed by atoms with Crippen molar-refractivity contribution in [1.82, 2.24) is 4.90 Å². The summed E-state index contributed by atoms with van der Waals surface area (Å²) in [7, 11) is 0. The highest BCUT2D eigenvalue weighted by molar-refractivity contribution is 8.00. The maximum atomic E-state index is 6.12. The molecule has 0 spiro atoms. The van der Waals surface area contributed by atoms with E-state index in [1.54, 1.807) is 0 Å². The molecule has 4 heteroatoms. The van der Waals surface area contributed by atoms with Gasteiger partial charge in [0.05, 0.1) is 0 Å². The second kappa shape index (κ2) is 5.09. The van der Waals surface area contributed by atoms with Crippen LogP contribution in [-0.4, -0.2) is 51.6 Å². The molecule has 94 valence electrons. The van der Waals surface area contributed by atoms with E-state index in [1.807, 2.05) is 0 Å². The number of nitrogens with two attached hydrogens (primary N) is 1. The second-order valence-corrected chi connectivity index (χ2v) is 8.56. The van der Waals surface area contributed by atoms with Crippen LogP contribution in [0.5, 0.6) is 0 Å². The summed E-state index contributed by atoms with van der Waals surface area (Å²) in [5, 5.41) is 2.20. The molecule has 2 saturated heterocycles. The average molecular weight is 260 g/mol. The Balaban J connectivity index is 2.14. The molecule has 2 aliphatic heterocycles. The first kappa shape index (κ1) is 13.1. The predicted octanol–water partition coefficient (Wildman–Crippen LogP) is 2.04. The fraction of sp³-hybridized carbons (Fsp3) is 1.00. The van der Waals surface area contributed by atoms with Crippen molar-refractivity contribution in [2.24, 2.45) is 5.73 Å². The first-order chi connectivity index (χ1) is 7.58. The SMILES string of the molecule is CC1CN(C2(CN)CCSC2C)CC(C)S1. The standard InChI is InChI=1S/C12H24N2S2/c1-9-6-14(7-10(2)16-9)12(8-13)4-5-15-11(12)3/h9-11H,4-8,13H2,1-3H3. The Kier molecular flexibility index (Phi) is 4.15. The molecule has 2 heterocycles. The third-order valence-electron chi connectivity index (χ3n) is 4.06. The van der Waals surface area contributed by atoms with Gasteiger partial charge in [0.25, 0.3) is 0 Å². The summed E-state index contributed by atoms with van der Waals surface area (Å²) in [6, 6.07) is 0. The van der Waals surface area contributed by atoms with Crippen LogP contribution in [0.3, 0.4) is 0 Å². The van der Waals surface area contributed by atoms with Crippen molar-refractivity contribution in [1.29, 1.82) is 0 Å². The van der Waals surface area contributed by atoms with E-state index in [-0.39, 0.29) is 5.54 Å². The Morgan fingerprint density at radius 1 is 1.25 bits per heavy atom. The average Bonchev–Trinajstić information content (AvgIpc) is 2.59. The van der Waals surface area contributed by atoms with Crippen LogP contribution in [0.4, 0.5) is 0 Å². The minimum absolute atomic E-state index is 0.286. The number of hydrogen-bond donors (Lipinski definition) is 1. The Hall–Kier alpha value is 0.620. The van der Waals surface area contributed by atoms with E-state index < -0.39 is 0 Å². The maximum absolute atomic E-state index is 6.12. The first-order valence-electron chi connectivity index (χ1n) is 6.30. The Morgan fingerprint density at radius 2 is 1.88 bits per heavy atom. The lowest BCUT2D eigenvalue weighted by Crippen LogP contribution is -2.61. The molecule has 0 radical (unpaired) electrons. The van der Waals surface area contributed by atoms with Gasteiger partial charge >= 0.3 is 0 Å². The van der Waals surface area contributed by atoms with Crippen LogP contribution in [0.1, 0.15) is 27.2 Å². The number of rotatable bonds is 2. The van der Waals surface area contributed by atoms with Crippen molar-refractivity contribution < 1.29 is 0 Å². The van der Waals surface area contributed by atoms with Gasteiger partial charge in [0.2, 0.25) is 0 Å². The molecule has 0 amide bonds. The fourth-order valence-electron chi connectivity index (χ4n) is 3.12. The molecule has 0 aromatic heterocycles. The summed E-state index contributed by atoms with van der Waals surface area (Å²) >= 11 is 4.22. The van der Waals surface area contributed by atoms with E-state index >= 15 is 0 Å². The van der Waals surface area contributed by atoms with Gasteiger partial charge < -0.3 is 5.73 Å². The Bertz CT molecular complexity index is 239. The van der Waals surface area contributed by atoms with Crippen LogP contribution in [0.25, 0.3) is 0 Å². The van der Waals surface area contributed by atoms with Gasteiger partial charge in [0.15, 0.2) is 0 Å². The minimum Gasteiger partial charge on any atom is -0.329 e. The Labute approximate surface area is 108 Å². The van der Waals surface area contributed by atoms with Crippen molar-refractivity contribution in [3.05, 3.63) is 0 Å². The lowest BCUT2D eigenvalue weighted by Gasteiger charge is -2.48. The molecule has 0 aliphatic carbocycles. The zero-order chi connectivity index (χ0) is 11.8. The van der Waals surface area contributed by atoms with Gasteiger partial charge in [-0.2, -0.15) is 23.5 Å². The topological polar surface area (TPSA) is 29.3 Å². The summed E-state index contributed by atoms with van der Waals surface area (Å²) in [5.41, 5.74) is 6.41. The summed E-state index contributed by atoms with van der Waals surface area (Å²) in [6.07, 6.45) is 1.28. The van der Waals surface area contributed by atoms with Crippen molar-refractivity contribution in [3.63, 3.8) is 0 Å². The monoisotopic (exact) mass is 260 g/mol. The Morgan fingerprint density at radius 3 is 2.31 bits per heavy atom. The highest BCUT2D eigenvalue weighted by atomic mass is 32.2. The minimum atomic E-state index is 0.286. The van der Waals surface area contributed by atoms with Crippen LogP contribution in [0.15, 0.2) is 0 Å². The number of hydrogen-bond acceptors (Lipinski definition) is 4. The van der Waals surface area contributed by atoms with Gasteiger partial charge in [-0.15, -0.1) is 0 Å². The highest BCUT2D eigenvalue weighted by Crippen LogP contribution is 2.42. The van der Waals surface area contributed by atoms with Gasteiger partial charge in [-0.3, -0.25) is 4.90 Å². The molecule has 4 unspecified atom stereocenters. The highest BCUT2D eigenvalue weighted by Gasteiger charge is 2.46. The van der Waals surface area contributed by atoms with Gasteiger partial charge in [0, 0.05) is 40.9 Å². The van der Waals surface area contributed by atoms with Gasteiger partial charge in [-0.25, -0.2) is 0 Å². The van der Waals surface area contributed by atoms with Crippen LogP contribution in [0, 0.1) is 0 Å². The first-order valence-corrected chi connectivity index (χ1v) is 8.30. The largest absolute Gasteiger partial charge is 0.329 e. The molecule has 2 aliphatic rings. The molecule has 2 nitrogen and oxygen atoms in total. The van der Waals surface area contributed by atoms with Gasteiger partial charge in [-0.1, -0.05) is 20.8 Å². The quantitative estimate of drug-likeness (QED) is 0.823. The van der Waals surface area contributed by atoms with Crippen molar-refractivity contribution in [3.8, 4) is 0 Å². The lowest BCUT2D eigenvalue weighted by molar-refractivity contribution is 0.0954. The molecule has 4 atom stereocenters. The van der Waals surface area contributed by atoms with Gasteiger partial charge in [0.1, 0.15) is 0 Å². The zero-order valence-electron chi connectivity index (χ0n) is 10.6. The molecule has 2 rings (SSSR count). The van der Waals surface area contributed by atoms with E-state index in [9.17, 15) is 0 Å². The van der Waals surface area contributed by atoms with Crippen LogP contribution >= 0.6 is 23.5 Å². The molecule has 0 saturated carbocycles. The molecule has 2 fully saturated rings. The summed E-state index contributed by atoms with van der Waals surface area (Å²) in [6.45, 7) is 10.3. The third kappa shape index (κ3) is 2.26. The summed E-state index contributed by atoms with van der Waals surface area (Å²) in [5.74, 6) is 1.28. The smallest absolute Gasteiger partial charge is 0.0456 e. The normalized spacial score (nSPS) is 46.1. The van der Waals surface area contributed by atoms with Crippen molar-refractivity contribution in [2.75, 3.05) is 25.4 Å². The summed E-state index contributed by atoms with van der Waals surface area (Å²) < 4.78 is 0. The fourth-order valence-corrected chi connectivity index (χ4v) is 5.95. The number of thioether (sulfide) groups is 2. The van der Waals surface area contributed by atoms with E-state index in [1.165, 1.54) is 25.3 Å². The number of nitrogens with zero attached hydrogens (tertiary/aromatic N) is 1. The van der Waals surface area contributed by atoms with E-state index in [0.29, 0.717) is 5.25 Å². The molecule has 0 aromatic carbocycles. The molecular weight excluding hydrogens is 236 g/mol. The summed E-state index contributed by atoms with van der Waals surface area (Å²) in [4.78, 5) is 2.70. The van der Waals surface area contributed by atoms with Crippen molar-refractivity contribution >= 4 is 23.5 Å². The van der Waals surface area contributed by atoms with Gasteiger partial charge in [-0.05, 0) is 12.2 Å². The molecule has 2 N–H and O–H groups in total. The molecule has 0 aromatic rings. The van der Waals surface area contributed by atoms with Crippen LogP contribution in [0.2, 0.25) is 0 Å². The molecule has 0 bridgehead atoms. The van der Waals surface area contributed by atoms with Crippen LogP contribution < -0.4 is 5.73 Å². The van der Waals surface area contributed by atoms with E-state index in [2.05, 4.69) is 49.2 Å². The molecule has 16 heavy (non-hydrogen) atoms. The van der Waals surface area contributed by atoms with E-state index in [4.69, 9.17) is 5.73 Å².